The summed E-state index contributed by atoms with van der Waals surface area (Å²) in [6, 6.07) is 12.2. The van der Waals surface area contributed by atoms with Gasteiger partial charge in [0.05, 0.1) is 6.26 Å². The van der Waals surface area contributed by atoms with E-state index in [0.29, 0.717) is 12.2 Å². The van der Waals surface area contributed by atoms with E-state index in [1.807, 2.05) is 30.3 Å². The average molecular weight is 378 g/mol. The molecule has 2 aromatic rings. The predicted octanol–water partition coefficient (Wildman–Crippen LogP) is 3.66. The normalized spacial score (nSPS) is 16.8. The predicted molar refractivity (Wildman–Crippen MR) is 105 cm³/mol. The summed E-state index contributed by atoms with van der Waals surface area (Å²) in [6.07, 6.45) is 6.72. The number of carbonyl (C=O) groups excluding carboxylic acids is 3. The Balaban J connectivity index is 1.85. The summed E-state index contributed by atoms with van der Waals surface area (Å²) in [4.78, 5) is 40.6. The van der Waals surface area contributed by atoms with Gasteiger partial charge in [0.1, 0.15) is 11.3 Å². The Morgan fingerprint density at radius 3 is 2.39 bits per heavy atom. The number of allylic oxidation sites excluding steroid dienone is 2. The maximum Gasteiger partial charge on any atom is 0.334 e. The largest absolute Gasteiger partial charge is 0.465 e. The molecule has 0 spiro atoms. The summed E-state index contributed by atoms with van der Waals surface area (Å²) >= 11 is 0. The highest BCUT2D eigenvalue weighted by Crippen LogP contribution is 2.21. The van der Waals surface area contributed by atoms with E-state index in [9.17, 15) is 14.4 Å². The lowest BCUT2D eigenvalue weighted by atomic mass is 10.1. The quantitative estimate of drug-likeness (QED) is 0.568. The van der Waals surface area contributed by atoms with Crippen LogP contribution in [-0.2, 0) is 16.0 Å². The first-order chi connectivity index (χ1) is 13.5. The standard InChI is InChI=1S/C22H22N2O4/c1-16(2)24-21(26)19(12-6-10-18-11-7-15-28-18)20(25)23(22(24)27)14-13-17-8-4-3-5-9-17/h3-12,15-16H,13-14H2,1-2H3/b10-6+,19-12+. The average Bonchev–Trinajstić information content (AvgIpc) is 3.18. The van der Waals surface area contributed by atoms with Crippen molar-refractivity contribution >= 4 is 23.9 Å². The summed E-state index contributed by atoms with van der Waals surface area (Å²) in [6.45, 7) is 3.70. The fraction of sp³-hybridized carbons (Fsp3) is 0.227. The van der Waals surface area contributed by atoms with E-state index in [4.69, 9.17) is 4.42 Å². The summed E-state index contributed by atoms with van der Waals surface area (Å²) in [5.41, 5.74) is 0.975. The first-order valence-corrected chi connectivity index (χ1v) is 9.14. The third-order valence-corrected chi connectivity index (χ3v) is 4.41. The molecular weight excluding hydrogens is 356 g/mol. The van der Waals surface area contributed by atoms with Crippen LogP contribution in [0.5, 0.6) is 0 Å². The number of carbonyl (C=O) groups is 3. The lowest BCUT2D eigenvalue weighted by Gasteiger charge is -2.36. The monoisotopic (exact) mass is 378 g/mol. The van der Waals surface area contributed by atoms with Gasteiger partial charge in [0.15, 0.2) is 0 Å². The van der Waals surface area contributed by atoms with Gasteiger partial charge in [0, 0.05) is 12.6 Å². The number of amides is 4. The summed E-state index contributed by atoms with van der Waals surface area (Å²) in [5.74, 6) is -0.553. The van der Waals surface area contributed by atoms with Gasteiger partial charge in [-0.15, -0.1) is 0 Å². The van der Waals surface area contributed by atoms with Crippen molar-refractivity contribution in [3.05, 3.63) is 77.8 Å². The van der Waals surface area contributed by atoms with E-state index in [1.165, 1.54) is 12.3 Å². The molecule has 28 heavy (non-hydrogen) atoms. The molecule has 1 aromatic carbocycles. The van der Waals surface area contributed by atoms with Crippen molar-refractivity contribution in [3.63, 3.8) is 0 Å². The molecule has 1 aliphatic heterocycles. The number of benzene rings is 1. The van der Waals surface area contributed by atoms with Crippen molar-refractivity contribution in [3.8, 4) is 0 Å². The van der Waals surface area contributed by atoms with Crippen molar-refractivity contribution < 1.29 is 18.8 Å². The maximum atomic E-state index is 12.9. The van der Waals surface area contributed by atoms with Crippen LogP contribution in [0.2, 0.25) is 0 Å². The van der Waals surface area contributed by atoms with Gasteiger partial charge >= 0.3 is 6.03 Å². The Hall–Kier alpha value is -3.41. The lowest BCUT2D eigenvalue weighted by Crippen LogP contribution is -2.58. The molecule has 0 unspecified atom stereocenters. The zero-order chi connectivity index (χ0) is 20.1. The van der Waals surface area contributed by atoms with Crippen LogP contribution >= 0.6 is 0 Å². The van der Waals surface area contributed by atoms with Crippen LogP contribution in [0.1, 0.15) is 25.2 Å². The van der Waals surface area contributed by atoms with Gasteiger partial charge in [0.25, 0.3) is 11.8 Å². The van der Waals surface area contributed by atoms with Crippen molar-refractivity contribution in [2.24, 2.45) is 0 Å². The second-order valence-corrected chi connectivity index (χ2v) is 6.70. The molecule has 4 amide bonds. The van der Waals surface area contributed by atoms with Crippen LogP contribution in [0.3, 0.4) is 0 Å². The van der Waals surface area contributed by atoms with Crippen molar-refractivity contribution in [2.75, 3.05) is 6.54 Å². The highest BCUT2D eigenvalue weighted by atomic mass is 16.3. The fourth-order valence-electron chi connectivity index (χ4n) is 2.98. The Labute approximate surface area is 163 Å². The van der Waals surface area contributed by atoms with Crippen LogP contribution in [-0.4, -0.2) is 40.2 Å². The summed E-state index contributed by atoms with van der Waals surface area (Å²) in [7, 11) is 0. The number of imide groups is 2. The second kappa shape index (κ2) is 8.52. The topological polar surface area (TPSA) is 70.8 Å². The molecule has 3 rings (SSSR count). The van der Waals surface area contributed by atoms with Crippen molar-refractivity contribution in [1.29, 1.82) is 0 Å². The molecule has 0 N–H and O–H groups in total. The van der Waals surface area contributed by atoms with E-state index in [2.05, 4.69) is 0 Å². The summed E-state index contributed by atoms with van der Waals surface area (Å²) < 4.78 is 5.20. The minimum atomic E-state index is -0.579. The van der Waals surface area contributed by atoms with Gasteiger partial charge in [-0.25, -0.2) is 4.79 Å². The van der Waals surface area contributed by atoms with Crippen LogP contribution < -0.4 is 0 Å². The molecule has 6 heteroatoms. The van der Waals surface area contributed by atoms with E-state index >= 15 is 0 Å². The van der Waals surface area contributed by atoms with Gasteiger partial charge in [-0.05, 0) is 50.1 Å². The first-order valence-electron chi connectivity index (χ1n) is 9.14. The molecule has 1 saturated heterocycles. The van der Waals surface area contributed by atoms with Gasteiger partial charge in [-0.3, -0.25) is 19.4 Å². The maximum absolute atomic E-state index is 12.9. The molecule has 0 bridgehead atoms. The summed E-state index contributed by atoms with van der Waals surface area (Å²) in [5, 5.41) is 0. The van der Waals surface area contributed by atoms with Crippen molar-refractivity contribution in [1.82, 2.24) is 9.80 Å². The molecule has 6 nitrogen and oxygen atoms in total. The highest BCUT2D eigenvalue weighted by molar-refractivity contribution is 6.29. The molecular formula is C22H22N2O4. The molecule has 1 aliphatic rings. The zero-order valence-electron chi connectivity index (χ0n) is 15.9. The molecule has 0 aliphatic carbocycles. The molecule has 144 valence electrons. The fourth-order valence-corrected chi connectivity index (χ4v) is 2.98. The number of barbiturate groups is 1. The Morgan fingerprint density at radius 2 is 1.75 bits per heavy atom. The molecule has 0 saturated carbocycles. The molecule has 0 radical (unpaired) electrons. The SMILES string of the molecule is CC(C)N1C(=O)/C(=C/C=C/c2ccco2)C(=O)N(CCc2ccccc2)C1=O. The minimum absolute atomic E-state index is 0.0378. The Morgan fingerprint density at radius 1 is 1.00 bits per heavy atom. The third kappa shape index (κ3) is 4.11. The molecule has 2 heterocycles. The smallest absolute Gasteiger partial charge is 0.334 e. The van der Waals surface area contributed by atoms with Crippen molar-refractivity contribution in [2.45, 2.75) is 26.3 Å². The number of rotatable bonds is 6. The van der Waals surface area contributed by atoms with Gasteiger partial charge in [-0.1, -0.05) is 36.4 Å². The zero-order valence-corrected chi connectivity index (χ0v) is 15.9. The highest BCUT2D eigenvalue weighted by Gasteiger charge is 2.42. The number of hydrogen-bond donors (Lipinski definition) is 0. The van der Waals surface area contributed by atoms with E-state index in [-0.39, 0.29) is 18.2 Å². The van der Waals surface area contributed by atoms with Crippen LogP contribution in [0.25, 0.3) is 6.08 Å². The number of hydrogen-bond acceptors (Lipinski definition) is 4. The third-order valence-electron chi connectivity index (χ3n) is 4.41. The number of nitrogens with zero attached hydrogens (tertiary/aromatic N) is 2. The van der Waals surface area contributed by atoms with E-state index in [0.717, 1.165) is 15.4 Å². The molecule has 0 atom stereocenters. The van der Waals surface area contributed by atoms with Gasteiger partial charge in [-0.2, -0.15) is 0 Å². The first kappa shape index (κ1) is 19.4. The van der Waals surface area contributed by atoms with Gasteiger partial charge < -0.3 is 4.42 Å². The van der Waals surface area contributed by atoms with E-state index in [1.54, 1.807) is 38.1 Å². The Kier molecular flexibility index (Phi) is 5.89. The van der Waals surface area contributed by atoms with Crippen LogP contribution in [0.15, 0.2) is 70.9 Å². The number of furan rings is 1. The lowest BCUT2D eigenvalue weighted by molar-refractivity contribution is -0.136. The second-order valence-electron chi connectivity index (χ2n) is 6.70. The van der Waals surface area contributed by atoms with E-state index < -0.39 is 17.8 Å². The Bertz CT molecular complexity index is 911. The van der Waals surface area contributed by atoms with Crippen LogP contribution in [0.4, 0.5) is 4.79 Å². The number of urea groups is 1. The molecule has 1 fully saturated rings. The minimum Gasteiger partial charge on any atom is -0.465 e. The van der Waals surface area contributed by atoms with Gasteiger partial charge in [0.2, 0.25) is 0 Å². The molecule has 1 aromatic heterocycles. The van der Waals surface area contributed by atoms with Crippen LogP contribution in [0, 0.1) is 0 Å².